The Morgan fingerprint density at radius 3 is 2.62 bits per heavy atom. The molecule has 0 bridgehead atoms. The number of carbonyl (C=O) groups excluding carboxylic acids is 1. The van der Waals surface area contributed by atoms with Crippen LogP contribution in [-0.2, 0) is 9.53 Å². The number of hydrogen-bond donors (Lipinski definition) is 2. The minimum Gasteiger partial charge on any atom is -0.370 e. The lowest BCUT2D eigenvalue weighted by atomic mass is 10.2. The highest BCUT2D eigenvalue weighted by molar-refractivity contribution is 5.81. The highest BCUT2D eigenvalue weighted by Crippen LogP contribution is 2.44. The van der Waals surface area contributed by atoms with Gasteiger partial charge in [0, 0.05) is 19.7 Å². The quantitative estimate of drug-likeness (QED) is 0.643. The van der Waals surface area contributed by atoms with Gasteiger partial charge in [0.2, 0.25) is 0 Å². The van der Waals surface area contributed by atoms with Gasteiger partial charge >= 0.3 is 0 Å². The van der Waals surface area contributed by atoms with Gasteiger partial charge in [-0.25, -0.2) is 0 Å². The predicted octanol–water partition coefficient (Wildman–Crippen LogP) is -0.125. The van der Waals surface area contributed by atoms with E-state index in [-0.39, 0.29) is 17.9 Å². The highest BCUT2D eigenvalue weighted by atomic mass is 16.5. The molecule has 1 rings (SSSR count). The van der Waals surface area contributed by atoms with Crippen molar-refractivity contribution in [2.45, 2.75) is 32.4 Å². The van der Waals surface area contributed by atoms with Crippen molar-refractivity contribution in [2.75, 3.05) is 13.7 Å². The second-order valence-corrected chi connectivity index (χ2v) is 4.21. The average Bonchev–Trinajstić information content (AvgIpc) is 2.61. The van der Waals surface area contributed by atoms with Crippen molar-refractivity contribution >= 4 is 5.91 Å². The molecule has 76 valence electrons. The molecule has 1 saturated carbocycles. The van der Waals surface area contributed by atoms with Crippen LogP contribution >= 0.6 is 0 Å². The van der Waals surface area contributed by atoms with Crippen LogP contribution in [0.1, 0.15) is 20.3 Å². The van der Waals surface area contributed by atoms with Crippen molar-refractivity contribution in [3.8, 4) is 0 Å². The summed E-state index contributed by atoms with van der Waals surface area (Å²) in [4.78, 5) is 11.4. The number of carbonyl (C=O) groups is 1. The number of nitrogens with two attached hydrogens (primary N) is 1. The highest BCUT2D eigenvalue weighted by Gasteiger charge is 2.47. The van der Waals surface area contributed by atoms with Crippen LogP contribution < -0.4 is 11.1 Å². The smallest absolute Gasteiger partial charge is 0.250 e. The molecule has 2 unspecified atom stereocenters. The first-order chi connectivity index (χ1) is 6.01. The van der Waals surface area contributed by atoms with Gasteiger partial charge in [-0.2, -0.15) is 0 Å². The van der Waals surface area contributed by atoms with E-state index in [0.29, 0.717) is 6.04 Å². The van der Waals surface area contributed by atoms with Gasteiger partial charge in [-0.15, -0.1) is 0 Å². The third-order valence-corrected chi connectivity index (χ3v) is 2.62. The molecule has 0 aliphatic heterocycles. The number of nitrogens with one attached hydrogen (secondary N) is 1. The van der Waals surface area contributed by atoms with E-state index in [1.165, 1.54) is 7.11 Å². The molecular formula is C9H18N2O2. The van der Waals surface area contributed by atoms with E-state index in [1.807, 2.05) is 0 Å². The summed E-state index contributed by atoms with van der Waals surface area (Å²) < 4.78 is 4.92. The van der Waals surface area contributed by atoms with Crippen LogP contribution in [0.3, 0.4) is 0 Å². The van der Waals surface area contributed by atoms with E-state index >= 15 is 0 Å². The first-order valence-electron chi connectivity index (χ1n) is 4.54. The molecule has 2 atom stereocenters. The zero-order valence-corrected chi connectivity index (χ0v) is 8.46. The summed E-state index contributed by atoms with van der Waals surface area (Å²) in [6.45, 7) is 4.49. The Kier molecular flexibility index (Phi) is 2.93. The van der Waals surface area contributed by atoms with Crippen molar-refractivity contribution in [2.24, 2.45) is 11.1 Å². The molecule has 0 saturated heterocycles. The maximum atomic E-state index is 11.4. The Balaban J connectivity index is 2.33. The molecule has 0 radical (unpaired) electrons. The average molecular weight is 186 g/mol. The Morgan fingerprint density at radius 1 is 1.77 bits per heavy atom. The van der Waals surface area contributed by atoms with E-state index < -0.39 is 6.10 Å². The predicted molar refractivity (Wildman–Crippen MR) is 50.2 cm³/mol. The number of rotatable bonds is 4. The van der Waals surface area contributed by atoms with Crippen molar-refractivity contribution in [1.29, 1.82) is 0 Å². The summed E-state index contributed by atoms with van der Waals surface area (Å²) in [5.41, 5.74) is 5.61. The first kappa shape index (κ1) is 10.5. The van der Waals surface area contributed by atoms with Crippen LogP contribution in [0.25, 0.3) is 0 Å². The lowest BCUT2D eigenvalue weighted by molar-refractivity contribution is -0.130. The molecule has 1 aliphatic rings. The third kappa shape index (κ3) is 2.42. The standard InChI is InChI=1S/C9H18N2O2/c1-9(2)4-7(9)11-8(12)6(5-10)13-3/h6-7H,4-5,10H2,1-3H3,(H,11,12). The summed E-state index contributed by atoms with van der Waals surface area (Å²) in [6, 6.07) is 0.296. The topological polar surface area (TPSA) is 64.3 Å². The minimum absolute atomic E-state index is 0.0967. The number of amides is 1. The summed E-state index contributed by atoms with van der Waals surface area (Å²) in [7, 11) is 1.50. The zero-order valence-electron chi connectivity index (χ0n) is 8.46. The summed E-state index contributed by atoms with van der Waals surface area (Å²) in [5.74, 6) is -0.0967. The number of ether oxygens (including phenoxy) is 1. The number of methoxy groups -OCH3 is 1. The largest absolute Gasteiger partial charge is 0.370 e. The fourth-order valence-electron chi connectivity index (χ4n) is 1.29. The fourth-order valence-corrected chi connectivity index (χ4v) is 1.29. The Hall–Kier alpha value is -0.610. The second-order valence-electron chi connectivity index (χ2n) is 4.21. The molecule has 4 nitrogen and oxygen atoms in total. The Morgan fingerprint density at radius 2 is 2.31 bits per heavy atom. The first-order valence-corrected chi connectivity index (χ1v) is 4.54. The summed E-state index contributed by atoms with van der Waals surface area (Å²) >= 11 is 0. The van der Waals surface area contributed by atoms with Gasteiger partial charge < -0.3 is 15.8 Å². The SMILES string of the molecule is COC(CN)C(=O)NC1CC1(C)C. The van der Waals surface area contributed by atoms with E-state index in [4.69, 9.17) is 10.5 Å². The molecule has 1 fully saturated rings. The van der Waals surface area contributed by atoms with E-state index in [0.717, 1.165) is 6.42 Å². The molecule has 0 spiro atoms. The normalized spacial score (nSPS) is 26.6. The van der Waals surface area contributed by atoms with E-state index in [2.05, 4.69) is 19.2 Å². The van der Waals surface area contributed by atoms with Crippen LogP contribution in [0.2, 0.25) is 0 Å². The fraction of sp³-hybridized carbons (Fsp3) is 0.889. The van der Waals surface area contributed by atoms with E-state index in [1.54, 1.807) is 0 Å². The second kappa shape index (κ2) is 3.64. The Labute approximate surface area is 78.8 Å². The van der Waals surface area contributed by atoms with Gasteiger partial charge in [0.25, 0.3) is 5.91 Å². The molecule has 0 aromatic carbocycles. The van der Waals surface area contributed by atoms with Crippen LogP contribution in [0.4, 0.5) is 0 Å². The summed E-state index contributed by atoms with van der Waals surface area (Å²) in [6.07, 6.45) is 0.538. The minimum atomic E-state index is -0.503. The molecule has 3 N–H and O–H groups in total. The van der Waals surface area contributed by atoms with Gasteiger partial charge in [-0.1, -0.05) is 13.8 Å². The van der Waals surface area contributed by atoms with Crippen LogP contribution in [0, 0.1) is 5.41 Å². The van der Waals surface area contributed by atoms with Crippen molar-refractivity contribution in [3.63, 3.8) is 0 Å². The maximum absolute atomic E-state index is 11.4. The zero-order chi connectivity index (χ0) is 10.1. The van der Waals surface area contributed by atoms with Gasteiger partial charge in [-0.05, 0) is 11.8 Å². The molecule has 13 heavy (non-hydrogen) atoms. The van der Waals surface area contributed by atoms with Gasteiger partial charge in [0.05, 0.1) is 0 Å². The lowest BCUT2D eigenvalue weighted by Crippen LogP contribution is -2.42. The molecular weight excluding hydrogens is 168 g/mol. The van der Waals surface area contributed by atoms with Crippen LogP contribution in [0.15, 0.2) is 0 Å². The maximum Gasteiger partial charge on any atom is 0.250 e. The third-order valence-electron chi connectivity index (χ3n) is 2.62. The van der Waals surface area contributed by atoms with Gasteiger partial charge in [0.15, 0.2) is 0 Å². The van der Waals surface area contributed by atoms with Gasteiger partial charge in [0.1, 0.15) is 6.10 Å². The van der Waals surface area contributed by atoms with E-state index in [9.17, 15) is 4.79 Å². The molecule has 0 aromatic heterocycles. The summed E-state index contributed by atoms with van der Waals surface area (Å²) in [5, 5.41) is 2.90. The molecule has 0 heterocycles. The molecule has 0 aromatic rings. The monoisotopic (exact) mass is 186 g/mol. The van der Waals surface area contributed by atoms with Gasteiger partial charge in [-0.3, -0.25) is 4.79 Å². The molecule has 1 aliphatic carbocycles. The van der Waals surface area contributed by atoms with Crippen molar-refractivity contribution < 1.29 is 9.53 Å². The van der Waals surface area contributed by atoms with Crippen LogP contribution in [0.5, 0.6) is 0 Å². The van der Waals surface area contributed by atoms with Crippen molar-refractivity contribution in [1.82, 2.24) is 5.32 Å². The Bertz CT molecular complexity index is 200. The van der Waals surface area contributed by atoms with Crippen molar-refractivity contribution in [3.05, 3.63) is 0 Å². The van der Waals surface area contributed by atoms with Crippen LogP contribution in [-0.4, -0.2) is 31.7 Å². The molecule has 1 amide bonds. The molecule has 4 heteroatoms. The number of hydrogen-bond acceptors (Lipinski definition) is 3. The lowest BCUT2D eigenvalue weighted by Gasteiger charge is -2.13.